The summed E-state index contributed by atoms with van der Waals surface area (Å²) in [5.74, 6) is 0. The third-order valence-corrected chi connectivity index (χ3v) is 2.72. The standard InChI is InChI=1S/C13H12.2C2H3ClO2.2C2H6.CH4/c1-3-7-12(8-4-1)11-13-9-5-2-6-10-13;2*1-5-2(3)4;2*1-2;/h1-10H,11H2;2*1H3;2*1-2H3;1H4. The zero-order valence-corrected chi connectivity index (χ0v) is 18.4. The van der Waals surface area contributed by atoms with Crippen LogP contribution in [0.5, 0.6) is 0 Å². The summed E-state index contributed by atoms with van der Waals surface area (Å²) >= 11 is 9.20. The van der Waals surface area contributed by atoms with E-state index in [1.807, 2.05) is 27.7 Å². The maximum Gasteiger partial charge on any atom is 0.403 e. The molecule has 0 aliphatic rings. The molecule has 0 saturated carbocycles. The SMILES string of the molecule is C.CC.CC.COC(=O)Cl.COC(=O)Cl.c1ccc(Cc2ccccc2)cc1. The summed E-state index contributed by atoms with van der Waals surface area (Å²) in [7, 11) is 2.44. The number of halogens is 2. The van der Waals surface area contributed by atoms with Crippen molar-refractivity contribution in [2.24, 2.45) is 0 Å². The van der Waals surface area contributed by atoms with Crippen molar-refractivity contribution >= 4 is 34.1 Å². The topological polar surface area (TPSA) is 52.6 Å². The fourth-order valence-electron chi connectivity index (χ4n) is 1.43. The van der Waals surface area contributed by atoms with Gasteiger partial charge in [0.15, 0.2) is 0 Å². The molecule has 0 unspecified atom stereocenters. The lowest BCUT2D eigenvalue weighted by Crippen LogP contribution is -1.85. The Morgan fingerprint density at radius 2 is 0.893 bits per heavy atom. The van der Waals surface area contributed by atoms with E-state index in [0.717, 1.165) is 6.42 Å². The van der Waals surface area contributed by atoms with Crippen molar-refractivity contribution in [3.63, 3.8) is 0 Å². The highest BCUT2D eigenvalue weighted by Gasteiger charge is 1.92. The van der Waals surface area contributed by atoms with Crippen LogP contribution >= 0.6 is 23.2 Å². The van der Waals surface area contributed by atoms with Gasteiger partial charge in [-0.3, -0.25) is 0 Å². The molecule has 0 spiro atoms. The Bertz CT molecular complexity index is 510. The molecule has 4 nitrogen and oxygen atoms in total. The van der Waals surface area contributed by atoms with E-state index in [4.69, 9.17) is 0 Å². The summed E-state index contributed by atoms with van der Waals surface area (Å²) < 4.78 is 7.75. The lowest BCUT2D eigenvalue weighted by Gasteiger charge is -2.00. The van der Waals surface area contributed by atoms with Crippen LogP contribution in [0.1, 0.15) is 46.2 Å². The monoisotopic (exact) mass is 432 g/mol. The molecular weight excluding hydrogens is 399 g/mol. The fraction of sp³-hybridized carbons (Fsp3) is 0.364. The van der Waals surface area contributed by atoms with Crippen molar-refractivity contribution in [3.8, 4) is 0 Å². The summed E-state index contributed by atoms with van der Waals surface area (Å²) in [4.78, 5) is 18.7. The van der Waals surface area contributed by atoms with Crippen molar-refractivity contribution in [1.29, 1.82) is 0 Å². The van der Waals surface area contributed by atoms with E-state index in [9.17, 15) is 9.59 Å². The van der Waals surface area contributed by atoms with E-state index < -0.39 is 10.9 Å². The highest BCUT2D eigenvalue weighted by molar-refractivity contribution is 6.61. The van der Waals surface area contributed by atoms with E-state index in [-0.39, 0.29) is 7.43 Å². The predicted molar refractivity (Wildman–Crippen MR) is 122 cm³/mol. The highest BCUT2D eigenvalue weighted by atomic mass is 35.5. The molecule has 0 heterocycles. The smallest absolute Gasteiger partial charge is 0.403 e. The average Bonchev–Trinajstić information content (AvgIpc) is 2.73. The Hall–Kier alpha value is -2.04. The molecule has 0 aromatic heterocycles. The number of carbonyl (C=O) groups excluding carboxylic acids is 2. The minimum absolute atomic E-state index is 0. The van der Waals surface area contributed by atoms with Crippen molar-refractivity contribution in [3.05, 3.63) is 71.8 Å². The third kappa shape index (κ3) is 26.2. The van der Waals surface area contributed by atoms with Gasteiger partial charge in [-0.15, -0.1) is 0 Å². The van der Waals surface area contributed by atoms with E-state index in [1.54, 1.807) is 0 Å². The molecule has 0 atom stereocenters. The number of rotatable bonds is 2. The van der Waals surface area contributed by atoms with Gasteiger partial charge in [-0.1, -0.05) is 95.8 Å². The van der Waals surface area contributed by atoms with Crippen molar-refractivity contribution in [2.75, 3.05) is 14.2 Å². The van der Waals surface area contributed by atoms with Gasteiger partial charge in [0.2, 0.25) is 0 Å². The van der Waals surface area contributed by atoms with Gasteiger partial charge < -0.3 is 9.47 Å². The quantitative estimate of drug-likeness (QED) is 0.451. The molecule has 160 valence electrons. The van der Waals surface area contributed by atoms with Crippen LogP contribution in [0.2, 0.25) is 0 Å². The van der Waals surface area contributed by atoms with Crippen molar-refractivity contribution in [1.82, 2.24) is 0 Å². The highest BCUT2D eigenvalue weighted by Crippen LogP contribution is 2.07. The van der Waals surface area contributed by atoms with Crippen LogP contribution in [0.4, 0.5) is 9.59 Å². The Morgan fingerprint density at radius 3 is 1.07 bits per heavy atom. The van der Waals surface area contributed by atoms with E-state index in [2.05, 4.69) is 93.3 Å². The molecule has 0 radical (unpaired) electrons. The number of methoxy groups -OCH3 is 2. The van der Waals surface area contributed by atoms with Gasteiger partial charge in [-0.25, -0.2) is 9.59 Å². The molecule has 2 rings (SSSR count). The molecular formula is C22H34Cl2O4. The van der Waals surface area contributed by atoms with E-state index in [0.29, 0.717) is 0 Å². The number of hydrogen-bond donors (Lipinski definition) is 0. The van der Waals surface area contributed by atoms with Crippen LogP contribution in [0.15, 0.2) is 60.7 Å². The molecule has 0 aliphatic heterocycles. The maximum absolute atomic E-state index is 9.36. The van der Waals surface area contributed by atoms with E-state index >= 15 is 0 Å². The molecule has 2 aromatic rings. The molecule has 2 aromatic carbocycles. The van der Waals surface area contributed by atoms with Gasteiger partial charge in [0.05, 0.1) is 14.2 Å². The van der Waals surface area contributed by atoms with Gasteiger partial charge in [0.25, 0.3) is 0 Å². The average molecular weight is 433 g/mol. The number of carbonyl (C=O) groups is 2. The molecule has 0 saturated heterocycles. The zero-order chi connectivity index (χ0) is 21.5. The first-order valence-electron chi connectivity index (χ1n) is 8.54. The molecule has 0 bridgehead atoms. The molecule has 28 heavy (non-hydrogen) atoms. The summed E-state index contributed by atoms with van der Waals surface area (Å²) in [6, 6.07) is 21.1. The third-order valence-electron chi connectivity index (χ3n) is 2.41. The Balaban J connectivity index is -0.000000163. The van der Waals surface area contributed by atoms with Crippen LogP contribution < -0.4 is 0 Å². The minimum atomic E-state index is -0.773. The lowest BCUT2D eigenvalue weighted by molar-refractivity contribution is 0.198. The molecule has 0 N–H and O–H groups in total. The maximum atomic E-state index is 9.36. The first kappa shape index (κ1) is 33.5. The first-order valence-corrected chi connectivity index (χ1v) is 9.30. The Kier molecular flexibility index (Phi) is 32.6. The lowest BCUT2D eigenvalue weighted by atomic mass is 10.1. The summed E-state index contributed by atoms with van der Waals surface area (Å²) in [6.07, 6.45) is 1.03. The summed E-state index contributed by atoms with van der Waals surface area (Å²) in [5.41, 5.74) is 1.19. The molecule has 0 amide bonds. The first-order chi connectivity index (χ1) is 13.0. The Labute approximate surface area is 180 Å². The van der Waals surface area contributed by atoms with Crippen LogP contribution in [-0.2, 0) is 15.9 Å². The molecule has 0 aliphatic carbocycles. The van der Waals surface area contributed by atoms with Crippen LogP contribution in [0.25, 0.3) is 0 Å². The largest absolute Gasteiger partial charge is 0.457 e. The predicted octanol–water partition coefficient (Wildman–Crippen LogP) is 7.95. The van der Waals surface area contributed by atoms with Crippen molar-refractivity contribution < 1.29 is 19.1 Å². The molecule has 0 fully saturated rings. The fourth-order valence-corrected chi connectivity index (χ4v) is 1.43. The van der Waals surface area contributed by atoms with E-state index in [1.165, 1.54) is 25.3 Å². The Morgan fingerprint density at radius 1 is 0.679 bits per heavy atom. The van der Waals surface area contributed by atoms with Crippen LogP contribution in [-0.4, -0.2) is 25.1 Å². The number of hydrogen-bond acceptors (Lipinski definition) is 4. The van der Waals surface area contributed by atoms with Crippen LogP contribution in [0, 0.1) is 0 Å². The van der Waals surface area contributed by atoms with Crippen molar-refractivity contribution in [2.45, 2.75) is 41.5 Å². The number of ether oxygens (including phenoxy) is 2. The summed E-state index contributed by atoms with van der Waals surface area (Å²) in [5, 5.41) is 0. The second-order valence-corrected chi connectivity index (χ2v) is 4.65. The van der Waals surface area contributed by atoms with Gasteiger partial charge in [0, 0.05) is 23.2 Å². The van der Waals surface area contributed by atoms with Gasteiger partial charge in [-0.05, 0) is 17.5 Å². The second-order valence-electron chi connectivity index (χ2n) is 4.03. The van der Waals surface area contributed by atoms with Gasteiger partial charge >= 0.3 is 10.9 Å². The summed E-state index contributed by atoms with van der Waals surface area (Å²) in [6.45, 7) is 8.00. The zero-order valence-electron chi connectivity index (χ0n) is 16.9. The number of benzene rings is 2. The molecule has 6 heteroatoms. The van der Waals surface area contributed by atoms with Gasteiger partial charge in [0.1, 0.15) is 0 Å². The normalized spacial score (nSPS) is 7.43. The minimum Gasteiger partial charge on any atom is -0.457 e. The second kappa shape index (κ2) is 27.2. The van der Waals surface area contributed by atoms with Gasteiger partial charge in [-0.2, -0.15) is 0 Å². The van der Waals surface area contributed by atoms with Crippen LogP contribution in [0.3, 0.4) is 0 Å².